The summed E-state index contributed by atoms with van der Waals surface area (Å²) in [6.07, 6.45) is 4.25. The van der Waals surface area contributed by atoms with Gasteiger partial charge in [-0.1, -0.05) is 38.9 Å². The fourth-order valence-electron chi connectivity index (χ4n) is 2.98. The Labute approximate surface area is 131 Å². The lowest BCUT2D eigenvalue weighted by Gasteiger charge is -2.30. The number of thiocarbonyl (C=S) groups is 1. The molecule has 0 aliphatic carbocycles. The molecule has 2 heterocycles. The molecule has 4 nitrogen and oxygen atoms in total. The Bertz CT molecular complexity index is 580. The van der Waals surface area contributed by atoms with E-state index in [-0.39, 0.29) is 10.5 Å². The number of fused-ring (bicyclic) bond motifs is 1. The van der Waals surface area contributed by atoms with Gasteiger partial charge in [0.05, 0.1) is 5.56 Å². The predicted molar refractivity (Wildman–Crippen MR) is 90.8 cm³/mol. The first kappa shape index (κ1) is 16.2. The highest BCUT2D eigenvalue weighted by Gasteiger charge is 2.21. The zero-order valence-electron chi connectivity index (χ0n) is 13.0. The summed E-state index contributed by atoms with van der Waals surface area (Å²) in [6, 6.07) is 1.91. The maximum Gasteiger partial charge on any atom is 0.261 e. The molecule has 0 aromatic carbocycles. The lowest BCUT2D eigenvalue weighted by molar-refractivity contribution is 0.261. The molecule has 2 rings (SSSR count). The van der Waals surface area contributed by atoms with E-state index >= 15 is 0 Å². The summed E-state index contributed by atoms with van der Waals surface area (Å²) >= 11 is 5.06. The normalized spacial score (nSPS) is 15.0. The van der Waals surface area contributed by atoms with Crippen molar-refractivity contribution in [2.75, 3.05) is 13.1 Å². The molecule has 0 spiro atoms. The number of hydrogen-bond acceptors (Lipinski definition) is 3. The molecular formula is C16H25N3OS. The molecule has 5 heteroatoms. The van der Waals surface area contributed by atoms with Crippen LogP contribution >= 0.6 is 12.2 Å². The van der Waals surface area contributed by atoms with Crippen molar-refractivity contribution in [1.29, 1.82) is 0 Å². The lowest BCUT2D eigenvalue weighted by Crippen LogP contribution is -2.38. The van der Waals surface area contributed by atoms with Crippen LogP contribution in [-0.4, -0.2) is 27.5 Å². The van der Waals surface area contributed by atoms with E-state index in [2.05, 4.69) is 18.7 Å². The van der Waals surface area contributed by atoms with Crippen molar-refractivity contribution >= 4 is 17.2 Å². The minimum absolute atomic E-state index is 0.0118. The monoisotopic (exact) mass is 307 g/mol. The molecule has 1 aromatic heterocycles. The molecular weight excluding hydrogens is 282 g/mol. The van der Waals surface area contributed by atoms with E-state index in [1.165, 1.54) is 11.3 Å². The molecule has 0 fully saturated rings. The number of hydrogen-bond donors (Lipinski definition) is 1. The Morgan fingerprint density at radius 3 is 2.76 bits per heavy atom. The van der Waals surface area contributed by atoms with E-state index in [0.29, 0.717) is 5.56 Å². The largest absolute Gasteiger partial charge is 0.389 e. The Balaban J connectivity index is 2.43. The van der Waals surface area contributed by atoms with Gasteiger partial charge in [0.1, 0.15) is 4.99 Å². The van der Waals surface area contributed by atoms with E-state index < -0.39 is 0 Å². The van der Waals surface area contributed by atoms with Crippen LogP contribution in [0.3, 0.4) is 0 Å². The number of nitrogens with zero attached hydrogens (tertiary/aromatic N) is 2. The maximum atomic E-state index is 12.6. The molecule has 0 bridgehead atoms. The van der Waals surface area contributed by atoms with Gasteiger partial charge in [-0.05, 0) is 24.6 Å². The summed E-state index contributed by atoms with van der Waals surface area (Å²) in [5, 5.41) is 0. The van der Waals surface area contributed by atoms with E-state index in [0.717, 1.165) is 51.9 Å². The van der Waals surface area contributed by atoms with Gasteiger partial charge in [0.25, 0.3) is 5.56 Å². The third-order valence-electron chi connectivity index (χ3n) is 4.25. The topological polar surface area (TPSA) is 51.3 Å². The van der Waals surface area contributed by atoms with Crippen molar-refractivity contribution in [2.45, 2.75) is 52.6 Å². The van der Waals surface area contributed by atoms with Gasteiger partial charge in [-0.2, -0.15) is 0 Å². The fourth-order valence-corrected chi connectivity index (χ4v) is 3.13. The van der Waals surface area contributed by atoms with E-state index in [1.54, 1.807) is 0 Å². The molecule has 21 heavy (non-hydrogen) atoms. The molecule has 2 N–H and O–H groups in total. The summed E-state index contributed by atoms with van der Waals surface area (Å²) in [7, 11) is 0. The van der Waals surface area contributed by atoms with Crippen LogP contribution < -0.4 is 11.3 Å². The molecule has 0 atom stereocenters. The van der Waals surface area contributed by atoms with Crippen molar-refractivity contribution in [3.05, 3.63) is 33.2 Å². The molecule has 0 radical (unpaired) electrons. The van der Waals surface area contributed by atoms with Crippen molar-refractivity contribution in [3.63, 3.8) is 0 Å². The average molecular weight is 307 g/mol. The first-order valence-electron chi connectivity index (χ1n) is 7.86. The van der Waals surface area contributed by atoms with Gasteiger partial charge < -0.3 is 10.3 Å². The summed E-state index contributed by atoms with van der Waals surface area (Å²) in [4.78, 5) is 15.2. The third-order valence-corrected chi connectivity index (χ3v) is 4.47. The van der Waals surface area contributed by atoms with Gasteiger partial charge in [0, 0.05) is 31.7 Å². The van der Waals surface area contributed by atoms with Crippen LogP contribution in [0.1, 0.15) is 49.9 Å². The molecule has 0 amide bonds. The first-order valence-corrected chi connectivity index (χ1v) is 8.27. The van der Waals surface area contributed by atoms with E-state index in [4.69, 9.17) is 18.0 Å². The quantitative estimate of drug-likeness (QED) is 0.645. The van der Waals surface area contributed by atoms with Gasteiger partial charge >= 0.3 is 0 Å². The van der Waals surface area contributed by atoms with Crippen molar-refractivity contribution in [2.24, 2.45) is 5.73 Å². The van der Waals surface area contributed by atoms with Crippen molar-refractivity contribution < 1.29 is 0 Å². The smallest absolute Gasteiger partial charge is 0.261 e. The van der Waals surface area contributed by atoms with Crippen LogP contribution in [0, 0.1) is 0 Å². The molecule has 1 aliphatic rings. The Kier molecular flexibility index (Phi) is 5.53. The summed E-state index contributed by atoms with van der Waals surface area (Å²) in [5.74, 6) is 0. The molecule has 0 saturated carbocycles. The second-order valence-corrected chi connectivity index (χ2v) is 6.12. The zero-order chi connectivity index (χ0) is 15.4. The standard InChI is InChI=1S/C16H25N3OS/c1-3-5-6-8-19-14-7-9-18(4-2)11-12(14)10-13(15(17)21)16(19)20/h10H,3-9,11H2,1-2H3,(H2,17,21). The summed E-state index contributed by atoms with van der Waals surface area (Å²) in [5.41, 5.74) is 8.62. The lowest BCUT2D eigenvalue weighted by atomic mass is 10.0. The zero-order valence-corrected chi connectivity index (χ0v) is 13.8. The first-order chi connectivity index (χ1) is 10.1. The van der Waals surface area contributed by atoms with Gasteiger partial charge in [-0.3, -0.25) is 9.69 Å². The highest BCUT2D eigenvalue weighted by molar-refractivity contribution is 7.80. The molecule has 0 unspecified atom stereocenters. The predicted octanol–water partition coefficient (Wildman–Crippen LogP) is 2.05. The number of unbranched alkanes of at least 4 members (excludes halogenated alkanes) is 2. The van der Waals surface area contributed by atoms with Crippen molar-refractivity contribution in [1.82, 2.24) is 9.47 Å². The fraction of sp³-hybridized carbons (Fsp3) is 0.625. The van der Waals surface area contributed by atoms with Gasteiger partial charge in [-0.15, -0.1) is 0 Å². The Morgan fingerprint density at radius 1 is 1.38 bits per heavy atom. The molecule has 1 aromatic rings. The van der Waals surface area contributed by atoms with E-state index in [9.17, 15) is 4.79 Å². The second kappa shape index (κ2) is 7.18. The van der Waals surface area contributed by atoms with Gasteiger partial charge in [0.15, 0.2) is 0 Å². The van der Waals surface area contributed by atoms with Crippen LogP contribution in [0.4, 0.5) is 0 Å². The second-order valence-electron chi connectivity index (χ2n) is 5.68. The minimum Gasteiger partial charge on any atom is -0.389 e. The number of pyridine rings is 1. The number of likely N-dealkylation sites (N-methyl/N-ethyl adjacent to an activating group) is 1. The van der Waals surface area contributed by atoms with Gasteiger partial charge in [0.2, 0.25) is 0 Å². The molecule has 0 saturated heterocycles. The molecule has 1 aliphatic heterocycles. The highest BCUT2D eigenvalue weighted by atomic mass is 32.1. The number of aromatic nitrogens is 1. The third kappa shape index (κ3) is 3.52. The minimum atomic E-state index is -0.0118. The summed E-state index contributed by atoms with van der Waals surface area (Å²) in [6.45, 7) is 8.03. The number of nitrogens with two attached hydrogens (primary N) is 1. The van der Waals surface area contributed by atoms with Crippen LogP contribution in [-0.2, 0) is 19.5 Å². The maximum absolute atomic E-state index is 12.6. The van der Waals surface area contributed by atoms with Crippen LogP contribution in [0.2, 0.25) is 0 Å². The Hall–Kier alpha value is -1.20. The van der Waals surface area contributed by atoms with Crippen LogP contribution in [0.25, 0.3) is 0 Å². The Morgan fingerprint density at radius 2 is 2.14 bits per heavy atom. The SMILES string of the molecule is CCCCCn1c2c(cc(C(N)=S)c1=O)CN(CC)CC2. The summed E-state index contributed by atoms with van der Waals surface area (Å²) < 4.78 is 1.92. The van der Waals surface area contributed by atoms with Crippen molar-refractivity contribution in [3.8, 4) is 0 Å². The average Bonchev–Trinajstić information content (AvgIpc) is 2.48. The van der Waals surface area contributed by atoms with Gasteiger partial charge in [-0.25, -0.2) is 0 Å². The molecule has 116 valence electrons. The van der Waals surface area contributed by atoms with E-state index in [1.807, 2.05) is 10.6 Å². The number of rotatable bonds is 6. The van der Waals surface area contributed by atoms with Crippen LogP contribution in [0.5, 0.6) is 0 Å². The highest BCUT2D eigenvalue weighted by Crippen LogP contribution is 2.19. The van der Waals surface area contributed by atoms with Crippen LogP contribution in [0.15, 0.2) is 10.9 Å².